The first-order valence-corrected chi connectivity index (χ1v) is 5.22. The smallest absolute Gasteiger partial charge is 0.248 e. The summed E-state index contributed by atoms with van der Waals surface area (Å²) < 4.78 is 0. The van der Waals surface area contributed by atoms with Gasteiger partial charge in [-0.25, -0.2) is 0 Å². The molecule has 1 amide bonds. The van der Waals surface area contributed by atoms with Gasteiger partial charge in [0.25, 0.3) is 0 Å². The van der Waals surface area contributed by atoms with Gasteiger partial charge in [0.1, 0.15) is 0 Å². The van der Waals surface area contributed by atoms with E-state index in [9.17, 15) is 9.59 Å². The largest absolute Gasteiger partial charge is 0.329 e. The van der Waals surface area contributed by atoms with Crippen LogP contribution in [-0.2, 0) is 4.79 Å². The third-order valence-corrected chi connectivity index (χ3v) is 2.31. The molecule has 2 N–H and O–H groups in total. The quantitative estimate of drug-likeness (QED) is 0.825. The van der Waals surface area contributed by atoms with Crippen molar-refractivity contribution in [3.05, 3.63) is 52.9 Å². The Labute approximate surface area is 98.3 Å². The number of aromatic nitrogens is 1. The lowest BCUT2D eigenvalue weighted by atomic mass is 10.1. The molecule has 0 fully saturated rings. The third-order valence-electron chi connectivity index (χ3n) is 2.31. The Bertz CT molecular complexity index is 585. The van der Waals surface area contributed by atoms with Gasteiger partial charge in [-0.1, -0.05) is 12.1 Å². The van der Waals surface area contributed by atoms with E-state index >= 15 is 0 Å². The number of hydrogen-bond acceptors (Lipinski definition) is 2. The van der Waals surface area contributed by atoms with Crippen molar-refractivity contribution in [2.75, 3.05) is 5.32 Å². The fraction of sp³-hybridized carbons (Fsp3) is 0.0769. The van der Waals surface area contributed by atoms with Gasteiger partial charge < -0.3 is 10.3 Å². The predicted molar refractivity (Wildman–Crippen MR) is 66.8 cm³/mol. The minimum atomic E-state index is -0.131. The Kier molecular flexibility index (Phi) is 3.05. The molecule has 0 saturated carbocycles. The number of anilines is 1. The summed E-state index contributed by atoms with van der Waals surface area (Å²) in [7, 11) is 0. The highest BCUT2D eigenvalue weighted by atomic mass is 16.1. The average Bonchev–Trinajstić information content (AvgIpc) is 2.29. The SMILES string of the molecule is CC(=O)Nc1ccc(-c2cc[nH]c(=O)c2)cc1. The number of nitrogens with one attached hydrogen (secondary N) is 2. The molecule has 0 spiro atoms. The molecule has 2 aromatic rings. The molecule has 1 aromatic heterocycles. The summed E-state index contributed by atoms with van der Waals surface area (Å²) in [4.78, 5) is 24.6. The Hall–Kier alpha value is -2.36. The Morgan fingerprint density at radius 1 is 1.12 bits per heavy atom. The second kappa shape index (κ2) is 4.65. The Balaban J connectivity index is 2.29. The maximum absolute atomic E-state index is 11.2. The zero-order valence-corrected chi connectivity index (χ0v) is 9.36. The van der Waals surface area contributed by atoms with Crippen molar-refractivity contribution in [2.24, 2.45) is 0 Å². The van der Waals surface area contributed by atoms with Crippen molar-refractivity contribution < 1.29 is 4.79 Å². The molecule has 0 atom stereocenters. The molecular formula is C13H12N2O2. The summed E-state index contributed by atoms with van der Waals surface area (Å²) in [6, 6.07) is 10.7. The molecule has 0 bridgehead atoms. The highest BCUT2D eigenvalue weighted by Gasteiger charge is 1.99. The van der Waals surface area contributed by atoms with E-state index in [-0.39, 0.29) is 11.5 Å². The van der Waals surface area contributed by atoms with E-state index in [4.69, 9.17) is 0 Å². The molecule has 0 saturated heterocycles. The highest BCUT2D eigenvalue weighted by molar-refractivity contribution is 5.88. The van der Waals surface area contributed by atoms with Crippen molar-refractivity contribution >= 4 is 11.6 Å². The molecule has 0 radical (unpaired) electrons. The molecule has 1 heterocycles. The zero-order chi connectivity index (χ0) is 12.3. The number of H-pyrrole nitrogens is 1. The fourth-order valence-electron chi connectivity index (χ4n) is 1.57. The van der Waals surface area contributed by atoms with E-state index in [2.05, 4.69) is 10.3 Å². The van der Waals surface area contributed by atoms with Crippen LogP contribution in [0.4, 0.5) is 5.69 Å². The summed E-state index contributed by atoms with van der Waals surface area (Å²) in [5.41, 5.74) is 2.40. The predicted octanol–water partition coefficient (Wildman–Crippen LogP) is 2.00. The number of carbonyl (C=O) groups excluding carboxylic acids is 1. The van der Waals surface area contributed by atoms with Gasteiger partial charge in [-0.3, -0.25) is 9.59 Å². The normalized spacial score (nSPS) is 9.94. The van der Waals surface area contributed by atoms with Crippen LogP contribution in [-0.4, -0.2) is 10.9 Å². The van der Waals surface area contributed by atoms with Gasteiger partial charge in [0, 0.05) is 24.9 Å². The van der Waals surface area contributed by atoms with Gasteiger partial charge in [-0.15, -0.1) is 0 Å². The first-order chi connectivity index (χ1) is 8.15. The Morgan fingerprint density at radius 2 is 1.82 bits per heavy atom. The number of carbonyl (C=O) groups is 1. The van der Waals surface area contributed by atoms with Crippen LogP contribution < -0.4 is 10.9 Å². The van der Waals surface area contributed by atoms with E-state index in [1.807, 2.05) is 18.2 Å². The zero-order valence-electron chi connectivity index (χ0n) is 9.36. The second-order valence-corrected chi connectivity index (χ2v) is 3.70. The molecule has 0 aliphatic carbocycles. The molecular weight excluding hydrogens is 216 g/mol. The van der Waals surface area contributed by atoms with Gasteiger partial charge in [0.05, 0.1) is 0 Å². The van der Waals surface area contributed by atoms with Crippen molar-refractivity contribution in [3.8, 4) is 11.1 Å². The maximum atomic E-state index is 11.2. The average molecular weight is 228 g/mol. The van der Waals surface area contributed by atoms with Gasteiger partial charge in [0.15, 0.2) is 0 Å². The topological polar surface area (TPSA) is 62.0 Å². The molecule has 2 rings (SSSR count). The molecule has 17 heavy (non-hydrogen) atoms. The minimum absolute atomic E-state index is 0.103. The van der Waals surface area contributed by atoms with Gasteiger partial charge in [-0.05, 0) is 29.3 Å². The minimum Gasteiger partial charge on any atom is -0.329 e. The number of pyridine rings is 1. The van der Waals surface area contributed by atoms with Gasteiger partial charge in [-0.2, -0.15) is 0 Å². The van der Waals surface area contributed by atoms with Crippen LogP contribution in [0.5, 0.6) is 0 Å². The maximum Gasteiger partial charge on any atom is 0.248 e. The lowest BCUT2D eigenvalue weighted by molar-refractivity contribution is -0.114. The molecule has 4 nitrogen and oxygen atoms in total. The van der Waals surface area contributed by atoms with E-state index in [1.165, 1.54) is 13.0 Å². The first kappa shape index (κ1) is 11.1. The summed E-state index contributed by atoms with van der Waals surface area (Å²) in [5.74, 6) is -0.103. The number of aromatic amines is 1. The van der Waals surface area contributed by atoms with Crippen LogP contribution in [0.2, 0.25) is 0 Å². The molecule has 1 aromatic carbocycles. The van der Waals surface area contributed by atoms with Crippen LogP contribution in [0.25, 0.3) is 11.1 Å². The number of benzene rings is 1. The third kappa shape index (κ3) is 2.81. The first-order valence-electron chi connectivity index (χ1n) is 5.22. The van der Waals surface area contributed by atoms with Crippen LogP contribution in [0, 0.1) is 0 Å². The van der Waals surface area contributed by atoms with Crippen molar-refractivity contribution in [1.82, 2.24) is 4.98 Å². The fourth-order valence-corrected chi connectivity index (χ4v) is 1.57. The summed E-state index contributed by atoms with van der Waals surface area (Å²) in [6.45, 7) is 1.46. The van der Waals surface area contributed by atoms with E-state index in [0.29, 0.717) is 0 Å². The van der Waals surface area contributed by atoms with Crippen molar-refractivity contribution in [1.29, 1.82) is 0 Å². The lowest BCUT2D eigenvalue weighted by Crippen LogP contribution is -2.05. The van der Waals surface area contributed by atoms with Crippen LogP contribution in [0.15, 0.2) is 47.4 Å². The second-order valence-electron chi connectivity index (χ2n) is 3.70. The van der Waals surface area contributed by atoms with Gasteiger partial charge in [0.2, 0.25) is 11.5 Å². The number of hydrogen-bond donors (Lipinski definition) is 2. The molecule has 0 aliphatic heterocycles. The van der Waals surface area contributed by atoms with E-state index in [0.717, 1.165) is 16.8 Å². The van der Waals surface area contributed by atoms with Crippen molar-refractivity contribution in [2.45, 2.75) is 6.92 Å². The molecule has 86 valence electrons. The van der Waals surface area contributed by atoms with Crippen LogP contribution >= 0.6 is 0 Å². The highest BCUT2D eigenvalue weighted by Crippen LogP contribution is 2.19. The summed E-state index contributed by atoms with van der Waals surface area (Å²) >= 11 is 0. The van der Waals surface area contributed by atoms with Crippen LogP contribution in [0.3, 0.4) is 0 Å². The molecule has 0 aliphatic rings. The Morgan fingerprint density at radius 3 is 2.41 bits per heavy atom. The van der Waals surface area contributed by atoms with E-state index in [1.54, 1.807) is 18.3 Å². The van der Waals surface area contributed by atoms with Gasteiger partial charge >= 0.3 is 0 Å². The van der Waals surface area contributed by atoms with Crippen molar-refractivity contribution in [3.63, 3.8) is 0 Å². The summed E-state index contributed by atoms with van der Waals surface area (Å²) in [5, 5.41) is 2.69. The van der Waals surface area contributed by atoms with Crippen LogP contribution in [0.1, 0.15) is 6.92 Å². The standard InChI is InChI=1S/C13H12N2O2/c1-9(16)15-12-4-2-10(3-5-12)11-6-7-14-13(17)8-11/h2-8H,1H3,(H,14,17)(H,15,16). The monoisotopic (exact) mass is 228 g/mol. The van der Waals surface area contributed by atoms with E-state index < -0.39 is 0 Å². The molecule has 0 unspecified atom stereocenters. The summed E-state index contributed by atoms with van der Waals surface area (Å²) in [6.07, 6.45) is 1.61. The lowest BCUT2D eigenvalue weighted by Gasteiger charge is -2.04. The number of rotatable bonds is 2. The molecule has 4 heteroatoms. The number of amides is 1.